The van der Waals surface area contributed by atoms with E-state index in [1.54, 1.807) is 30.3 Å². The highest BCUT2D eigenvalue weighted by Crippen LogP contribution is 2.19. The van der Waals surface area contributed by atoms with Crippen LogP contribution in [0, 0.1) is 5.82 Å². The van der Waals surface area contributed by atoms with Crippen LogP contribution < -0.4 is 15.4 Å². The highest BCUT2D eigenvalue weighted by atomic mass is 19.4. The fourth-order valence-corrected chi connectivity index (χ4v) is 2.17. The molecule has 2 N–H and O–H groups in total. The molecule has 26 heavy (non-hydrogen) atoms. The maximum Gasteiger partial charge on any atom is 0.422 e. The summed E-state index contributed by atoms with van der Waals surface area (Å²) in [5.74, 6) is -0.257. The Labute approximate surface area is 148 Å². The fraction of sp³-hybridized carbons (Fsp3) is 0.278. The van der Waals surface area contributed by atoms with Crippen molar-refractivity contribution in [2.75, 3.05) is 13.2 Å². The quantitative estimate of drug-likeness (QED) is 0.729. The van der Waals surface area contributed by atoms with Gasteiger partial charge >= 0.3 is 12.2 Å². The number of rotatable bonds is 7. The van der Waals surface area contributed by atoms with Crippen molar-refractivity contribution >= 4 is 6.03 Å². The summed E-state index contributed by atoms with van der Waals surface area (Å²) in [7, 11) is 0. The van der Waals surface area contributed by atoms with Gasteiger partial charge in [-0.05, 0) is 35.7 Å². The summed E-state index contributed by atoms with van der Waals surface area (Å²) in [6.07, 6.45) is -4.06. The van der Waals surface area contributed by atoms with Gasteiger partial charge in [-0.1, -0.05) is 30.3 Å². The second kappa shape index (κ2) is 9.07. The Kier molecular flexibility index (Phi) is 6.82. The van der Waals surface area contributed by atoms with E-state index in [0.717, 1.165) is 0 Å². The molecule has 0 radical (unpaired) electrons. The number of amides is 2. The number of benzene rings is 2. The first kappa shape index (κ1) is 19.6. The number of carbonyl (C=O) groups excluding carboxylic acids is 1. The first-order valence-electron chi connectivity index (χ1n) is 7.87. The Bertz CT molecular complexity index is 735. The molecule has 4 nitrogen and oxygen atoms in total. The van der Waals surface area contributed by atoms with Gasteiger partial charge in [-0.3, -0.25) is 0 Å². The molecule has 0 bridgehead atoms. The summed E-state index contributed by atoms with van der Waals surface area (Å²) >= 11 is 0. The Balaban J connectivity index is 1.74. The van der Waals surface area contributed by atoms with Crippen LogP contribution in [0.2, 0.25) is 0 Å². The maximum atomic E-state index is 13.4. The van der Waals surface area contributed by atoms with Crippen LogP contribution in [-0.2, 0) is 13.0 Å². The van der Waals surface area contributed by atoms with E-state index in [1.807, 2.05) is 0 Å². The highest BCUT2D eigenvalue weighted by molar-refractivity contribution is 5.73. The molecule has 0 aromatic heterocycles. The average Bonchev–Trinajstić information content (AvgIpc) is 2.60. The van der Waals surface area contributed by atoms with Crippen LogP contribution in [0.3, 0.4) is 0 Å². The number of carbonyl (C=O) groups is 1. The van der Waals surface area contributed by atoms with Gasteiger partial charge in [0.2, 0.25) is 0 Å². The molecular formula is C18H18F4N2O2. The van der Waals surface area contributed by atoms with Crippen LogP contribution in [0.4, 0.5) is 22.4 Å². The van der Waals surface area contributed by atoms with E-state index < -0.39 is 18.8 Å². The molecule has 2 aromatic rings. The summed E-state index contributed by atoms with van der Waals surface area (Å²) in [5.41, 5.74) is 1.09. The number of ether oxygens (including phenoxy) is 1. The van der Waals surface area contributed by atoms with Crippen molar-refractivity contribution in [1.82, 2.24) is 10.6 Å². The molecule has 0 aliphatic carbocycles. The monoisotopic (exact) mass is 370 g/mol. The van der Waals surface area contributed by atoms with Crippen molar-refractivity contribution in [1.29, 1.82) is 0 Å². The summed E-state index contributed by atoms with van der Waals surface area (Å²) in [5, 5.41) is 5.17. The van der Waals surface area contributed by atoms with Crippen molar-refractivity contribution in [3.05, 3.63) is 65.5 Å². The molecule has 0 saturated heterocycles. The van der Waals surface area contributed by atoms with Gasteiger partial charge in [0.15, 0.2) is 6.61 Å². The highest BCUT2D eigenvalue weighted by Gasteiger charge is 2.28. The lowest BCUT2D eigenvalue weighted by molar-refractivity contribution is -0.153. The normalized spacial score (nSPS) is 11.1. The molecule has 0 fully saturated rings. The van der Waals surface area contributed by atoms with E-state index >= 15 is 0 Å². The van der Waals surface area contributed by atoms with Crippen LogP contribution in [0.5, 0.6) is 5.75 Å². The van der Waals surface area contributed by atoms with Gasteiger partial charge in [-0.15, -0.1) is 0 Å². The predicted octanol–water partition coefficient (Wildman–Crippen LogP) is 3.81. The third kappa shape index (κ3) is 7.00. The van der Waals surface area contributed by atoms with Crippen molar-refractivity contribution in [3.8, 4) is 5.75 Å². The number of urea groups is 1. The SMILES string of the molecule is O=C(NCCc1ccccc1F)NCc1cccc(OCC(F)(F)F)c1. The molecule has 2 rings (SSSR count). The third-order valence-electron chi connectivity index (χ3n) is 3.39. The number of nitrogens with one attached hydrogen (secondary N) is 2. The topological polar surface area (TPSA) is 50.4 Å². The summed E-state index contributed by atoms with van der Waals surface area (Å²) in [6.45, 7) is -1.00. The number of halogens is 4. The fourth-order valence-electron chi connectivity index (χ4n) is 2.17. The standard InChI is InChI=1S/C18H18F4N2O2/c19-16-7-2-1-5-14(16)8-9-23-17(25)24-11-13-4-3-6-15(10-13)26-12-18(20,21)22/h1-7,10H,8-9,11-12H2,(H2,23,24,25). The Morgan fingerprint density at radius 2 is 1.81 bits per heavy atom. The van der Waals surface area contributed by atoms with E-state index in [9.17, 15) is 22.4 Å². The van der Waals surface area contributed by atoms with Gasteiger partial charge in [-0.25, -0.2) is 9.18 Å². The summed E-state index contributed by atoms with van der Waals surface area (Å²) < 4.78 is 54.5. The van der Waals surface area contributed by atoms with Gasteiger partial charge in [0.1, 0.15) is 11.6 Å². The second-order valence-electron chi connectivity index (χ2n) is 5.50. The first-order valence-corrected chi connectivity index (χ1v) is 7.87. The van der Waals surface area contributed by atoms with Crippen molar-refractivity contribution in [2.24, 2.45) is 0 Å². The van der Waals surface area contributed by atoms with E-state index in [0.29, 0.717) is 17.5 Å². The molecule has 0 aliphatic heterocycles. The van der Waals surface area contributed by atoms with Gasteiger partial charge in [0.05, 0.1) is 0 Å². The van der Waals surface area contributed by atoms with Gasteiger partial charge in [-0.2, -0.15) is 13.2 Å². The minimum atomic E-state index is -4.41. The van der Waals surface area contributed by atoms with Crippen LogP contribution in [-0.4, -0.2) is 25.4 Å². The molecule has 0 spiro atoms. The van der Waals surface area contributed by atoms with Gasteiger partial charge < -0.3 is 15.4 Å². The van der Waals surface area contributed by atoms with Gasteiger partial charge in [0, 0.05) is 13.1 Å². The second-order valence-corrected chi connectivity index (χ2v) is 5.50. The molecule has 0 heterocycles. The molecular weight excluding hydrogens is 352 g/mol. The molecule has 0 unspecified atom stereocenters. The lowest BCUT2D eigenvalue weighted by Crippen LogP contribution is -2.36. The van der Waals surface area contributed by atoms with Crippen LogP contribution in [0.15, 0.2) is 48.5 Å². The maximum absolute atomic E-state index is 13.4. The minimum Gasteiger partial charge on any atom is -0.484 e. The number of hydrogen-bond acceptors (Lipinski definition) is 2. The minimum absolute atomic E-state index is 0.0709. The molecule has 0 aliphatic rings. The molecule has 140 valence electrons. The van der Waals surface area contributed by atoms with Crippen LogP contribution in [0.1, 0.15) is 11.1 Å². The van der Waals surface area contributed by atoms with Crippen molar-refractivity contribution in [2.45, 2.75) is 19.1 Å². The first-order chi connectivity index (χ1) is 12.3. The van der Waals surface area contributed by atoms with Crippen molar-refractivity contribution in [3.63, 3.8) is 0 Å². The van der Waals surface area contributed by atoms with E-state index in [1.165, 1.54) is 18.2 Å². The molecule has 2 amide bonds. The predicted molar refractivity (Wildman–Crippen MR) is 88.3 cm³/mol. The summed E-state index contributed by atoms with van der Waals surface area (Å²) in [4.78, 5) is 11.7. The molecule has 0 saturated carbocycles. The average molecular weight is 370 g/mol. The Morgan fingerprint density at radius 1 is 1.04 bits per heavy atom. The lowest BCUT2D eigenvalue weighted by Gasteiger charge is -2.11. The zero-order valence-electron chi connectivity index (χ0n) is 13.8. The van der Waals surface area contributed by atoms with Gasteiger partial charge in [0.25, 0.3) is 0 Å². The van der Waals surface area contributed by atoms with Crippen molar-refractivity contribution < 1.29 is 27.1 Å². The molecule has 0 atom stereocenters. The lowest BCUT2D eigenvalue weighted by atomic mass is 10.1. The largest absolute Gasteiger partial charge is 0.484 e. The molecule has 2 aromatic carbocycles. The number of hydrogen-bond donors (Lipinski definition) is 2. The van der Waals surface area contributed by atoms with E-state index in [4.69, 9.17) is 0 Å². The van der Waals surface area contributed by atoms with E-state index in [2.05, 4.69) is 15.4 Å². The summed E-state index contributed by atoms with van der Waals surface area (Å²) in [6, 6.07) is 11.9. The molecule has 8 heteroatoms. The van der Waals surface area contributed by atoms with E-state index in [-0.39, 0.29) is 24.7 Å². The van der Waals surface area contributed by atoms with Crippen LogP contribution >= 0.6 is 0 Å². The Morgan fingerprint density at radius 3 is 2.54 bits per heavy atom. The number of alkyl halides is 3. The zero-order valence-corrected chi connectivity index (χ0v) is 13.8. The van der Waals surface area contributed by atoms with Crippen LogP contribution in [0.25, 0.3) is 0 Å². The third-order valence-corrected chi connectivity index (χ3v) is 3.39. The zero-order chi connectivity index (χ0) is 19.0. The smallest absolute Gasteiger partial charge is 0.422 e. The Hall–Kier alpha value is -2.77.